The quantitative estimate of drug-likeness (QED) is 0.0258. The minimum atomic E-state index is -1.64. The number of aliphatic carboxylic acids is 4. The Hall–Kier alpha value is -6.66. The van der Waals surface area contributed by atoms with E-state index in [1.54, 1.807) is 6.07 Å². The van der Waals surface area contributed by atoms with Crippen molar-refractivity contribution >= 4 is 80.1 Å². The molecule has 0 aromatic carbocycles. The third-order valence-corrected chi connectivity index (χ3v) is 14.9. The van der Waals surface area contributed by atoms with Gasteiger partial charge in [-0.3, -0.25) is 19.2 Å². The lowest BCUT2D eigenvalue weighted by Gasteiger charge is -2.14. The van der Waals surface area contributed by atoms with Crippen molar-refractivity contribution in [3.8, 4) is 0 Å². The van der Waals surface area contributed by atoms with Crippen molar-refractivity contribution in [1.82, 2.24) is 30.6 Å². The van der Waals surface area contributed by atoms with E-state index in [0.29, 0.717) is 47.1 Å². The van der Waals surface area contributed by atoms with E-state index in [2.05, 4.69) is 68.2 Å². The number of rotatable bonds is 34. The van der Waals surface area contributed by atoms with Crippen LogP contribution in [0.4, 0.5) is 0 Å². The summed E-state index contributed by atoms with van der Waals surface area (Å²) in [5.74, 6) is -7.04. The Morgan fingerprint density at radius 2 is 0.859 bits per heavy atom. The molecular formula is C60H84N6O12. The Labute approximate surface area is 458 Å². The molecule has 2 aliphatic rings. The van der Waals surface area contributed by atoms with E-state index in [0.717, 1.165) is 87.6 Å². The molecule has 18 nitrogen and oxygen atoms in total. The fraction of sp³-hybridized carbons (Fsp3) is 0.567. The highest BCUT2D eigenvalue weighted by Gasteiger charge is 2.28. The highest BCUT2D eigenvalue weighted by molar-refractivity contribution is 5.97. The SMILES string of the molecule is CCCCCCCCCOC(C)c1c(C)c2cc3[nH]c(cc4nc(cc5nc(cc1[nH]2)C(C)=C5CCC(=O)NC(CC(=O)O)C(=O)O)C(CCC(=O)NC(CC(=O)O)C(=O)O)=C4C)c(C)c3C(C)OCCCCCCCCC. The number of ether oxygens (including phenoxy) is 2. The lowest BCUT2D eigenvalue weighted by Crippen LogP contribution is -2.42. The minimum absolute atomic E-state index is 0.0834. The van der Waals surface area contributed by atoms with Gasteiger partial charge in [-0.05, 0) is 125 Å². The van der Waals surface area contributed by atoms with E-state index in [-0.39, 0.29) is 37.9 Å². The van der Waals surface area contributed by atoms with Gasteiger partial charge >= 0.3 is 23.9 Å². The summed E-state index contributed by atoms with van der Waals surface area (Å²) < 4.78 is 13.2. The van der Waals surface area contributed by atoms with E-state index in [9.17, 15) is 49.2 Å². The standard InChI is InChI=1S/C60H84N6O12/c1-9-11-13-15-17-19-21-27-77-39(7)57-37(5)45-29-43-35(3)41(23-25-53(67)65-51(59(73)74)33-55(69)70)47(61-43)32-48-42(24-26-54(68)66-52(60(75)76)34-56(71)72)36(4)44(62-48)30-49-58(38(6)46(64-49)31-50(57)63-45)40(8)78-28-22-20-18-16-14-12-10-2/h29-32,39-40,51-52,63-64H,9-28,33-34H2,1-8H3,(H,65,67)(H,66,68)(H,69,70)(H,71,72)(H,73,74)(H,75,76). The molecule has 3 aromatic rings. The molecule has 0 saturated carbocycles. The van der Waals surface area contributed by atoms with Crippen LogP contribution in [0.3, 0.4) is 0 Å². The molecule has 0 fully saturated rings. The normalized spacial score (nSPS) is 14.1. The van der Waals surface area contributed by atoms with Gasteiger partial charge in [0.25, 0.3) is 0 Å². The Kier molecular flexibility index (Phi) is 24.3. The number of aromatic nitrogens is 4. The zero-order valence-electron chi connectivity index (χ0n) is 47.1. The Morgan fingerprint density at radius 3 is 1.24 bits per heavy atom. The van der Waals surface area contributed by atoms with Gasteiger partial charge in [0, 0.05) is 59.2 Å². The van der Waals surface area contributed by atoms with Crippen LogP contribution in [0.5, 0.6) is 0 Å². The molecule has 18 heteroatoms. The van der Waals surface area contributed by atoms with Crippen molar-refractivity contribution in [1.29, 1.82) is 0 Å². The average Bonchev–Trinajstić information content (AvgIpc) is 4.11. The second-order valence-corrected chi connectivity index (χ2v) is 20.9. The number of nitrogens with zero attached hydrogens (tertiary/aromatic N) is 2. The molecule has 0 aliphatic carbocycles. The number of carboxylic acid groups (broad SMARTS) is 4. The van der Waals surface area contributed by atoms with Crippen LogP contribution in [-0.2, 0) is 38.2 Å². The van der Waals surface area contributed by atoms with Crippen LogP contribution >= 0.6 is 0 Å². The number of amides is 2. The lowest BCUT2D eigenvalue weighted by molar-refractivity contribution is -0.147. The zero-order valence-corrected chi connectivity index (χ0v) is 47.1. The third-order valence-electron chi connectivity index (χ3n) is 14.9. The van der Waals surface area contributed by atoms with Gasteiger partial charge in [-0.2, -0.15) is 0 Å². The van der Waals surface area contributed by atoms with Gasteiger partial charge in [0.15, 0.2) is 0 Å². The van der Waals surface area contributed by atoms with E-state index in [4.69, 9.17) is 19.4 Å². The second-order valence-electron chi connectivity index (χ2n) is 20.9. The molecule has 4 unspecified atom stereocenters. The molecule has 0 spiro atoms. The number of H-pyrrole nitrogens is 2. The smallest absolute Gasteiger partial charge is 0.326 e. The van der Waals surface area contributed by atoms with Gasteiger partial charge in [0.1, 0.15) is 12.1 Å². The van der Waals surface area contributed by atoms with Crippen LogP contribution in [0.25, 0.3) is 44.4 Å². The fourth-order valence-corrected chi connectivity index (χ4v) is 10.4. The molecular weight excluding hydrogens is 997 g/mol. The highest BCUT2D eigenvalue weighted by atomic mass is 16.5. The predicted molar refractivity (Wildman–Crippen MR) is 302 cm³/mol. The number of unbranched alkanes of at least 4 members (excludes halogenated alkanes) is 12. The number of carbonyl (C=O) groups is 6. The number of allylic oxidation sites excluding steroid dienone is 4. The molecule has 5 rings (SSSR count). The Bertz CT molecular complexity index is 2860. The molecule has 2 aliphatic heterocycles. The van der Waals surface area contributed by atoms with Crippen LogP contribution < -0.4 is 10.6 Å². The van der Waals surface area contributed by atoms with Crippen molar-refractivity contribution in [3.63, 3.8) is 0 Å². The number of carbonyl (C=O) groups excluding carboxylic acids is 2. The summed E-state index contributed by atoms with van der Waals surface area (Å²) in [4.78, 5) is 91.2. The summed E-state index contributed by atoms with van der Waals surface area (Å²) in [6.07, 6.45) is 13.7. The van der Waals surface area contributed by atoms with E-state index < -0.39 is 60.6 Å². The monoisotopic (exact) mass is 1080 g/mol. The summed E-state index contributed by atoms with van der Waals surface area (Å²) in [5, 5.41) is 42.7. The first-order chi connectivity index (χ1) is 37.2. The van der Waals surface area contributed by atoms with E-state index in [1.165, 1.54) is 57.8 Å². The molecule has 78 heavy (non-hydrogen) atoms. The van der Waals surface area contributed by atoms with Crippen molar-refractivity contribution in [3.05, 3.63) is 69.3 Å². The molecule has 8 N–H and O–H groups in total. The second kappa shape index (κ2) is 30.5. The van der Waals surface area contributed by atoms with Gasteiger partial charge in [-0.1, -0.05) is 90.9 Å². The maximum Gasteiger partial charge on any atom is 0.326 e. The van der Waals surface area contributed by atoms with Crippen molar-refractivity contribution in [2.75, 3.05) is 13.2 Å². The van der Waals surface area contributed by atoms with Crippen molar-refractivity contribution in [2.24, 2.45) is 0 Å². The van der Waals surface area contributed by atoms with Crippen molar-refractivity contribution in [2.45, 2.75) is 208 Å². The van der Waals surface area contributed by atoms with Crippen LogP contribution in [0, 0.1) is 13.8 Å². The maximum atomic E-state index is 13.4. The summed E-state index contributed by atoms with van der Waals surface area (Å²) in [6, 6.07) is 4.54. The van der Waals surface area contributed by atoms with Crippen LogP contribution in [0.2, 0.25) is 0 Å². The lowest BCUT2D eigenvalue weighted by atomic mass is 9.97. The molecule has 3 aromatic heterocycles. The molecule has 5 heterocycles. The number of hydrogen-bond donors (Lipinski definition) is 8. The molecule has 2 amide bonds. The topological polar surface area (TPSA) is 283 Å². The summed E-state index contributed by atoms with van der Waals surface area (Å²) >= 11 is 0. The van der Waals surface area contributed by atoms with Crippen LogP contribution in [-0.4, -0.2) is 101 Å². The van der Waals surface area contributed by atoms with Gasteiger partial charge in [0.05, 0.1) is 47.8 Å². The number of hydrogen-bond acceptors (Lipinski definition) is 10. The number of aryl methyl sites for hydroxylation is 2. The van der Waals surface area contributed by atoms with Crippen LogP contribution in [0.15, 0.2) is 24.3 Å². The van der Waals surface area contributed by atoms with Gasteiger partial charge < -0.3 is 50.5 Å². The van der Waals surface area contributed by atoms with E-state index >= 15 is 0 Å². The van der Waals surface area contributed by atoms with Crippen molar-refractivity contribution < 1.29 is 58.7 Å². The number of nitrogens with one attached hydrogen (secondary N) is 4. The first kappa shape index (κ1) is 62.2. The largest absolute Gasteiger partial charge is 0.481 e. The van der Waals surface area contributed by atoms with Crippen LogP contribution in [0.1, 0.15) is 227 Å². The first-order valence-corrected chi connectivity index (χ1v) is 28.1. The number of carboxylic acids is 4. The fourth-order valence-electron chi connectivity index (χ4n) is 10.4. The summed E-state index contributed by atoms with van der Waals surface area (Å²) in [6.45, 7) is 17.6. The van der Waals surface area contributed by atoms with Gasteiger partial charge in [-0.15, -0.1) is 0 Å². The molecule has 426 valence electrons. The maximum absolute atomic E-state index is 13.4. The van der Waals surface area contributed by atoms with Gasteiger partial charge in [0.2, 0.25) is 11.8 Å². The summed E-state index contributed by atoms with van der Waals surface area (Å²) in [5.41, 5.74) is 12.0. The molecule has 0 saturated heterocycles. The molecule has 4 atom stereocenters. The number of aromatic amines is 2. The Balaban J connectivity index is 1.71. The average molecular weight is 1080 g/mol. The summed E-state index contributed by atoms with van der Waals surface area (Å²) in [7, 11) is 0. The highest BCUT2D eigenvalue weighted by Crippen LogP contribution is 2.40. The third kappa shape index (κ3) is 17.7. The molecule has 8 bridgehead atoms. The predicted octanol–water partition coefficient (Wildman–Crippen LogP) is 12.1. The Morgan fingerprint density at radius 1 is 0.500 bits per heavy atom. The minimum Gasteiger partial charge on any atom is -0.481 e. The zero-order chi connectivity index (χ0) is 57.1. The van der Waals surface area contributed by atoms with E-state index in [1.807, 2.05) is 26.0 Å². The van der Waals surface area contributed by atoms with Gasteiger partial charge in [-0.25, -0.2) is 19.6 Å². The number of fused-ring (bicyclic) bond motifs is 8. The first-order valence-electron chi connectivity index (χ1n) is 28.1. The molecule has 0 radical (unpaired) electrons.